The number of carbonyl (C=O) groups is 1. The summed E-state index contributed by atoms with van der Waals surface area (Å²) in [7, 11) is 0.164. The summed E-state index contributed by atoms with van der Waals surface area (Å²) in [6.45, 7) is 5.27. The van der Waals surface area contributed by atoms with Crippen LogP contribution in [0.1, 0.15) is 60.5 Å². The number of carbonyl (C=O) groups excluding carboxylic acids is 1. The largest absolute Gasteiger partial charge is 0.497 e. The number of benzene rings is 5. The number of likely N-dealkylation sites (tertiary alicyclic amines) is 1. The first-order chi connectivity index (χ1) is 31.5. The van der Waals surface area contributed by atoms with E-state index in [1.807, 2.05) is 49.4 Å². The van der Waals surface area contributed by atoms with Crippen LogP contribution in [-0.2, 0) is 21.2 Å². The van der Waals surface area contributed by atoms with Gasteiger partial charge in [0.25, 0.3) is 0 Å². The summed E-state index contributed by atoms with van der Waals surface area (Å²) in [5.41, 5.74) is 9.54. The van der Waals surface area contributed by atoms with Crippen molar-refractivity contribution >= 4 is 27.3 Å². The summed E-state index contributed by atoms with van der Waals surface area (Å²) in [5.74, 6) is 1.08. The van der Waals surface area contributed by atoms with Crippen LogP contribution in [0.25, 0.3) is 22.3 Å². The Kier molecular flexibility index (Phi) is 12.5. The van der Waals surface area contributed by atoms with Crippen LogP contribution in [0, 0.1) is 24.6 Å². The van der Waals surface area contributed by atoms with E-state index in [1.54, 1.807) is 66.3 Å². The Labute approximate surface area is 381 Å². The highest BCUT2D eigenvalue weighted by Gasteiger charge is 2.49. The molecule has 12 heteroatoms. The van der Waals surface area contributed by atoms with Gasteiger partial charge in [-0.15, -0.1) is 0 Å². The fraction of sp³-hybridized carbons (Fsp3) is 0.321. The molecule has 6 atom stereocenters. The summed E-state index contributed by atoms with van der Waals surface area (Å²) in [4.78, 5) is 22.4. The molecule has 10 nitrogen and oxygen atoms in total. The summed E-state index contributed by atoms with van der Waals surface area (Å²) in [6, 6.07) is 37.6. The molecular formula is C53H56FN5O5S. The Hall–Kier alpha value is -6.08. The number of sulfonamides is 1. The molecule has 336 valence electrons. The van der Waals surface area contributed by atoms with Crippen LogP contribution in [-0.4, -0.2) is 79.6 Å². The third kappa shape index (κ3) is 8.39. The van der Waals surface area contributed by atoms with Gasteiger partial charge in [0.15, 0.2) is 0 Å². The van der Waals surface area contributed by atoms with Crippen LogP contribution in [0.4, 0.5) is 15.8 Å². The quantitative estimate of drug-likeness (QED) is 0.148. The highest BCUT2D eigenvalue weighted by Crippen LogP contribution is 2.51. The normalized spacial score (nSPS) is 22.1. The molecule has 2 N–H and O–H groups in total. The lowest BCUT2D eigenvalue weighted by Gasteiger charge is -2.45. The Morgan fingerprint density at radius 3 is 2.29 bits per heavy atom. The third-order valence-electron chi connectivity index (χ3n) is 14.0. The van der Waals surface area contributed by atoms with E-state index >= 15 is 0 Å². The predicted octanol–water partition coefficient (Wildman–Crippen LogP) is 9.46. The fourth-order valence-corrected chi connectivity index (χ4v) is 12.5. The number of pyridine rings is 1. The molecule has 0 aliphatic carbocycles. The number of aliphatic hydroxyl groups excluding tert-OH is 1. The van der Waals surface area contributed by atoms with E-state index in [9.17, 15) is 22.7 Å². The monoisotopic (exact) mass is 893 g/mol. The van der Waals surface area contributed by atoms with E-state index in [4.69, 9.17) is 4.74 Å². The molecule has 2 unspecified atom stereocenters. The van der Waals surface area contributed by atoms with Crippen molar-refractivity contribution in [2.45, 2.75) is 68.6 Å². The maximum absolute atomic E-state index is 14.5. The van der Waals surface area contributed by atoms with E-state index < -0.39 is 16.1 Å². The molecular weight excluding hydrogens is 838 g/mol. The van der Waals surface area contributed by atoms with Crippen molar-refractivity contribution in [2.24, 2.45) is 11.8 Å². The van der Waals surface area contributed by atoms with Crippen LogP contribution in [0.2, 0.25) is 0 Å². The predicted molar refractivity (Wildman–Crippen MR) is 254 cm³/mol. The zero-order valence-electron chi connectivity index (χ0n) is 37.3. The average molecular weight is 894 g/mol. The zero-order valence-corrected chi connectivity index (χ0v) is 38.1. The highest BCUT2D eigenvalue weighted by atomic mass is 32.2. The maximum atomic E-state index is 14.5. The fourth-order valence-electron chi connectivity index (χ4n) is 10.8. The number of rotatable bonds is 9. The Morgan fingerprint density at radius 2 is 1.55 bits per heavy atom. The molecule has 1 aromatic heterocycles. The van der Waals surface area contributed by atoms with Gasteiger partial charge in [0.05, 0.1) is 43.2 Å². The molecule has 65 heavy (non-hydrogen) atoms. The molecule has 2 fully saturated rings. The minimum Gasteiger partial charge on any atom is -0.497 e. The van der Waals surface area contributed by atoms with Gasteiger partial charge in [-0.3, -0.25) is 9.78 Å². The van der Waals surface area contributed by atoms with Gasteiger partial charge in [0.2, 0.25) is 15.9 Å². The number of halogens is 1. The lowest BCUT2D eigenvalue weighted by Crippen LogP contribution is -2.46. The number of hydrogen-bond acceptors (Lipinski definition) is 8. The van der Waals surface area contributed by atoms with Crippen LogP contribution in [0.5, 0.6) is 5.75 Å². The summed E-state index contributed by atoms with van der Waals surface area (Å²) < 4.78 is 48.6. The smallest absolute Gasteiger partial charge is 0.243 e. The number of fused-ring (bicyclic) bond motifs is 6. The average Bonchev–Trinajstić information content (AvgIpc) is 3.99. The van der Waals surface area contributed by atoms with Gasteiger partial charge in [0, 0.05) is 67.3 Å². The van der Waals surface area contributed by atoms with E-state index in [1.165, 1.54) is 17.3 Å². The van der Waals surface area contributed by atoms with E-state index in [-0.39, 0.29) is 41.2 Å². The molecule has 0 radical (unpaired) electrons. The number of methoxy groups -OCH3 is 1. The zero-order chi connectivity index (χ0) is 45.4. The SMILES string of the molecule is CC[C@H]1[C@H]2CCN(C(=O)Cc3ccncc3)C2c2cc(-c3cccc(OC)c3)ccc2N1C.Cc1ccc(S(=O)(=O)N2CC[C@H]3C2c2cc(-c4ccccc4F)ccc2N[C@H]3CO)cc1. The number of aromatic nitrogens is 1. The molecule has 0 bridgehead atoms. The summed E-state index contributed by atoms with van der Waals surface area (Å²) in [5, 5.41) is 13.4. The van der Waals surface area contributed by atoms with Crippen molar-refractivity contribution in [3.05, 3.63) is 162 Å². The van der Waals surface area contributed by atoms with Gasteiger partial charge >= 0.3 is 0 Å². The van der Waals surface area contributed by atoms with E-state index in [0.29, 0.717) is 42.5 Å². The number of aryl methyl sites for hydroxylation is 1. The Bertz CT molecular complexity index is 2790. The number of hydrogen-bond donors (Lipinski definition) is 2. The molecule has 0 saturated carbocycles. The van der Waals surface area contributed by atoms with E-state index in [2.05, 4.69) is 64.4 Å². The number of nitrogens with zero attached hydrogens (tertiary/aromatic N) is 4. The van der Waals surface area contributed by atoms with Crippen molar-refractivity contribution in [3.8, 4) is 28.0 Å². The maximum Gasteiger partial charge on any atom is 0.243 e. The second-order valence-corrected chi connectivity index (χ2v) is 19.5. The van der Waals surface area contributed by atoms with E-state index in [0.717, 1.165) is 58.6 Å². The van der Waals surface area contributed by atoms with Crippen LogP contribution < -0.4 is 15.0 Å². The van der Waals surface area contributed by atoms with Crippen molar-refractivity contribution in [3.63, 3.8) is 0 Å². The highest BCUT2D eigenvalue weighted by molar-refractivity contribution is 7.89. The first kappa shape index (κ1) is 44.1. The van der Waals surface area contributed by atoms with Crippen molar-refractivity contribution in [1.82, 2.24) is 14.2 Å². The van der Waals surface area contributed by atoms with Crippen molar-refractivity contribution in [2.75, 3.05) is 44.1 Å². The Balaban J connectivity index is 0.000000164. The van der Waals surface area contributed by atoms with Gasteiger partial charge in [-0.25, -0.2) is 12.8 Å². The van der Waals surface area contributed by atoms with Gasteiger partial charge in [-0.2, -0.15) is 4.31 Å². The number of aliphatic hydroxyl groups is 1. The van der Waals surface area contributed by atoms with Gasteiger partial charge < -0.3 is 25.0 Å². The second kappa shape index (κ2) is 18.4. The first-order valence-electron chi connectivity index (χ1n) is 22.5. The van der Waals surface area contributed by atoms with Crippen molar-refractivity contribution < 1.29 is 27.4 Å². The lowest BCUT2D eigenvalue weighted by atomic mass is 9.80. The topological polar surface area (TPSA) is 115 Å². The molecule has 1 amide bonds. The van der Waals surface area contributed by atoms with Crippen LogP contribution in [0.15, 0.2) is 139 Å². The minimum absolute atomic E-state index is 0.0800. The molecule has 6 aromatic rings. The molecule has 0 spiro atoms. The number of amides is 1. The van der Waals surface area contributed by atoms with Crippen LogP contribution in [0.3, 0.4) is 0 Å². The van der Waals surface area contributed by atoms with Gasteiger partial charge in [0.1, 0.15) is 11.6 Å². The first-order valence-corrected chi connectivity index (χ1v) is 24.0. The number of nitrogens with one attached hydrogen (secondary N) is 1. The van der Waals surface area contributed by atoms with Gasteiger partial charge in [-0.1, -0.05) is 67.1 Å². The lowest BCUT2D eigenvalue weighted by molar-refractivity contribution is -0.131. The molecule has 4 aliphatic rings. The molecule has 2 saturated heterocycles. The Morgan fingerprint density at radius 1 is 0.831 bits per heavy atom. The minimum atomic E-state index is -3.74. The molecule has 5 aromatic carbocycles. The van der Waals surface area contributed by atoms with Crippen molar-refractivity contribution in [1.29, 1.82) is 0 Å². The summed E-state index contributed by atoms with van der Waals surface area (Å²) >= 11 is 0. The molecule has 5 heterocycles. The third-order valence-corrected chi connectivity index (χ3v) is 15.9. The number of ether oxygens (including phenoxy) is 1. The standard InChI is InChI=1S/C28H31N3O2.C25H25FN2O3S/c1-4-25-23-12-15-31(27(32)16-19-10-13-29-14-11-19)28(23)24-18-21(8-9-26(24)30(25)2)20-6-5-7-22(17-20)33-3;1-16-6-9-18(10-7-16)32(30,31)28-13-12-20-24(15-29)27-23-11-8-17(14-21(23)25(20)28)19-4-2-3-5-22(19)26/h5-11,13-14,17-18,23,25,28H,4,12,15-16H2,1-3H3;2-11,14,20,24-25,27,29H,12-13,15H2,1H3/t23-,25+,28?;20-,24+,25?/m11/s1. The number of anilines is 2. The summed E-state index contributed by atoms with van der Waals surface area (Å²) in [6.07, 6.45) is 6.68. The molecule has 10 rings (SSSR count). The van der Waals surface area contributed by atoms with Crippen LogP contribution >= 0.6 is 0 Å². The molecule has 4 aliphatic heterocycles. The second-order valence-electron chi connectivity index (χ2n) is 17.7. The van der Waals surface area contributed by atoms with Gasteiger partial charge in [-0.05, 0) is 126 Å².